The second-order valence-corrected chi connectivity index (χ2v) is 22.2. The van der Waals surface area contributed by atoms with Crippen LogP contribution in [0.25, 0.3) is 0 Å². The van der Waals surface area contributed by atoms with Gasteiger partial charge in [-0.05, 0) is 0 Å². The van der Waals surface area contributed by atoms with Gasteiger partial charge in [-0.2, -0.15) is 0 Å². The van der Waals surface area contributed by atoms with Gasteiger partial charge in [-0.3, -0.25) is 0 Å². The standard InChI is InChI=1S/C28H61AsO/c1-5-9-13-14-15-16-17-18-19-20-21-22-23-24-28-29(30,25-10-6-2,26-11-7-3)27-12-8-4/h30H,5-28H2,1-4H3. The van der Waals surface area contributed by atoms with Crippen LogP contribution in [0.3, 0.4) is 0 Å². The first-order chi connectivity index (χ1) is 14.5. The summed E-state index contributed by atoms with van der Waals surface area (Å²) in [6.45, 7) is 9.18. The van der Waals surface area contributed by atoms with E-state index in [1.807, 2.05) is 0 Å². The molecule has 0 aromatic carbocycles. The summed E-state index contributed by atoms with van der Waals surface area (Å²) in [6.07, 6.45) is 27.4. The van der Waals surface area contributed by atoms with E-state index in [9.17, 15) is 4.10 Å². The third kappa shape index (κ3) is 16.2. The third-order valence-corrected chi connectivity index (χ3v) is 19.6. The summed E-state index contributed by atoms with van der Waals surface area (Å²) in [4.78, 5) is 0. The van der Waals surface area contributed by atoms with Gasteiger partial charge in [-0.15, -0.1) is 0 Å². The first kappa shape index (κ1) is 30.5. The molecule has 0 bridgehead atoms. The second-order valence-electron chi connectivity index (χ2n) is 10.5. The van der Waals surface area contributed by atoms with Gasteiger partial charge in [0.2, 0.25) is 0 Å². The average Bonchev–Trinajstić information content (AvgIpc) is 2.76. The van der Waals surface area contributed by atoms with Gasteiger partial charge in [-0.25, -0.2) is 0 Å². The Hall–Kier alpha value is 0.518. The maximum atomic E-state index is 12.1. The molecule has 0 aliphatic carbocycles. The van der Waals surface area contributed by atoms with Gasteiger partial charge >= 0.3 is 168 Å². The van der Waals surface area contributed by atoms with Crippen molar-refractivity contribution >= 4 is 12.8 Å². The summed E-state index contributed by atoms with van der Waals surface area (Å²) in [5, 5.41) is 4.82. The SMILES string of the molecule is CCCCCCCCCCCCCCCC[As](O)(CCCC)(CCCC)CCCC. The molecule has 0 saturated carbocycles. The Kier molecular flexibility index (Phi) is 20.5. The van der Waals surface area contributed by atoms with E-state index in [-0.39, 0.29) is 0 Å². The van der Waals surface area contributed by atoms with Crippen molar-refractivity contribution in [1.29, 1.82) is 0 Å². The van der Waals surface area contributed by atoms with Crippen molar-refractivity contribution in [3.05, 3.63) is 0 Å². The number of rotatable bonds is 24. The van der Waals surface area contributed by atoms with Crippen LogP contribution in [0.2, 0.25) is 20.8 Å². The topological polar surface area (TPSA) is 20.2 Å². The van der Waals surface area contributed by atoms with Crippen LogP contribution in [0, 0.1) is 0 Å². The van der Waals surface area contributed by atoms with Crippen molar-refractivity contribution in [3.8, 4) is 0 Å². The van der Waals surface area contributed by atoms with Gasteiger partial charge in [0.15, 0.2) is 0 Å². The second kappa shape index (κ2) is 20.1. The molecule has 0 radical (unpaired) electrons. The molecule has 0 aliphatic heterocycles. The molecule has 30 heavy (non-hydrogen) atoms. The molecule has 0 heterocycles. The summed E-state index contributed by atoms with van der Waals surface area (Å²) in [7, 11) is 0. The Labute approximate surface area is 193 Å². The molecule has 0 atom stereocenters. The van der Waals surface area contributed by atoms with Crippen LogP contribution in [0.15, 0.2) is 0 Å². The van der Waals surface area contributed by atoms with Gasteiger partial charge in [0.25, 0.3) is 0 Å². The van der Waals surface area contributed by atoms with E-state index in [0.29, 0.717) is 0 Å². The summed E-state index contributed by atoms with van der Waals surface area (Å²) in [5.41, 5.74) is 0. The Bertz CT molecular complexity index is 330. The summed E-state index contributed by atoms with van der Waals surface area (Å²) in [5.74, 6) is 0. The van der Waals surface area contributed by atoms with Gasteiger partial charge in [0.1, 0.15) is 0 Å². The van der Waals surface area contributed by atoms with Crippen LogP contribution in [-0.2, 0) is 0 Å². The van der Waals surface area contributed by atoms with Gasteiger partial charge in [0.05, 0.1) is 0 Å². The van der Waals surface area contributed by atoms with Crippen LogP contribution in [-0.4, -0.2) is 16.9 Å². The zero-order valence-corrected chi connectivity index (χ0v) is 23.7. The predicted octanol–water partition coefficient (Wildman–Crippen LogP) is 10.8. The van der Waals surface area contributed by atoms with Gasteiger partial charge in [-0.1, -0.05) is 26.2 Å². The first-order valence-corrected chi connectivity index (χ1v) is 20.4. The van der Waals surface area contributed by atoms with E-state index in [2.05, 4.69) is 27.7 Å². The molecule has 0 fully saturated rings. The molecule has 0 unspecified atom stereocenters. The molecular weight excluding hydrogens is 427 g/mol. The van der Waals surface area contributed by atoms with Crippen LogP contribution >= 0.6 is 0 Å². The molecule has 0 spiro atoms. The minimum absolute atomic E-state index is 1.20. The fourth-order valence-electron chi connectivity index (χ4n) is 5.08. The Morgan fingerprint density at radius 2 is 0.567 bits per heavy atom. The van der Waals surface area contributed by atoms with Crippen molar-refractivity contribution in [2.45, 2.75) is 177 Å². The monoisotopic (exact) mass is 488 g/mol. The molecule has 1 nitrogen and oxygen atoms in total. The quantitative estimate of drug-likeness (QED) is 0.106. The van der Waals surface area contributed by atoms with E-state index in [0.717, 1.165) is 0 Å². The number of hydrogen-bond donors (Lipinski definition) is 1. The van der Waals surface area contributed by atoms with E-state index >= 15 is 0 Å². The maximum absolute atomic E-state index is 12.1. The molecule has 0 amide bonds. The summed E-state index contributed by atoms with van der Waals surface area (Å²) >= 11 is -3.08. The third-order valence-electron chi connectivity index (χ3n) is 7.34. The van der Waals surface area contributed by atoms with E-state index in [1.54, 1.807) is 0 Å². The molecule has 2 heteroatoms. The molecule has 0 rings (SSSR count). The normalized spacial score (nSPS) is 13.4. The fraction of sp³-hybridized carbons (Fsp3) is 1.00. The van der Waals surface area contributed by atoms with Crippen molar-refractivity contribution in [2.75, 3.05) is 0 Å². The van der Waals surface area contributed by atoms with E-state index in [1.165, 1.54) is 149 Å². The Morgan fingerprint density at radius 1 is 0.333 bits per heavy atom. The van der Waals surface area contributed by atoms with E-state index < -0.39 is 12.8 Å². The van der Waals surface area contributed by atoms with Crippen molar-refractivity contribution in [3.63, 3.8) is 0 Å². The number of hydrogen-bond acceptors (Lipinski definition) is 1. The molecule has 1 N–H and O–H groups in total. The molecular formula is C28H61AsO. The van der Waals surface area contributed by atoms with E-state index in [4.69, 9.17) is 0 Å². The van der Waals surface area contributed by atoms with Crippen LogP contribution in [0.1, 0.15) is 156 Å². The Balaban J connectivity index is 3.99. The van der Waals surface area contributed by atoms with Crippen molar-refractivity contribution in [2.24, 2.45) is 0 Å². The molecule has 0 aromatic rings. The van der Waals surface area contributed by atoms with Crippen LogP contribution in [0.4, 0.5) is 0 Å². The zero-order valence-electron chi connectivity index (χ0n) is 21.9. The average molecular weight is 489 g/mol. The molecule has 0 saturated heterocycles. The first-order valence-electron chi connectivity index (χ1n) is 14.3. The zero-order chi connectivity index (χ0) is 22.4. The molecule has 184 valence electrons. The van der Waals surface area contributed by atoms with Crippen LogP contribution < -0.4 is 0 Å². The fourth-order valence-corrected chi connectivity index (χ4v) is 17.2. The predicted molar refractivity (Wildman–Crippen MR) is 142 cm³/mol. The van der Waals surface area contributed by atoms with Crippen molar-refractivity contribution in [1.82, 2.24) is 0 Å². The van der Waals surface area contributed by atoms with Crippen molar-refractivity contribution < 1.29 is 4.10 Å². The van der Waals surface area contributed by atoms with Gasteiger partial charge < -0.3 is 0 Å². The number of unbranched alkanes of at least 4 members (excludes halogenated alkanes) is 16. The Morgan fingerprint density at radius 3 is 0.867 bits per heavy atom. The molecule has 0 aromatic heterocycles. The van der Waals surface area contributed by atoms with Crippen LogP contribution in [0.5, 0.6) is 0 Å². The van der Waals surface area contributed by atoms with Gasteiger partial charge in [0, 0.05) is 0 Å². The minimum atomic E-state index is -3.08. The molecule has 0 aliphatic rings. The summed E-state index contributed by atoms with van der Waals surface area (Å²) in [6, 6.07) is 0. The summed E-state index contributed by atoms with van der Waals surface area (Å²) < 4.78 is 12.1.